The molecule has 16 heavy (non-hydrogen) atoms. The maximum Gasteiger partial charge on any atom is 0.115 e. The summed E-state index contributed by atoms with van der Waals surface area (Å²) < 4.78 is 8.85. The molecule has 1 aliphatic heterocycles. The summed E-state index contributed by atoms with van der Waals surface area (Å²) in [6.45, 7) is 0.900. The predicted octanol–water partition coefficient (Wildman–Crippen LogP) is 2.82. The standard InChI is InChI=1S/C12H13BrN2O/c13-9-3-4-10-7-14-12(15(10)8-9)6-11-2-1-5-16-11/h3-4,7-8,11H,1-2,5-6H2. The first kappa shape index (κ1) is 10.3. The Morgan fingerprint density at radius 1 is 1.50 bits per heavy atom. The zero-order valence-corrected chi connectivity index (χ0v) is 10.5. The summed E-state index contributed by atoms with van der Waals surface area (Å²) in [6.07, 6.45) is 7.57. The van der Waals surface area contributed by atoms with E-state index in [4.69, 9.17) is 4.74 Å². The highest BCUT2D eigenvalue weighted by Gasteiger charge is 2.18. The van der Waals surface area contributed by atoms with E-state index in [0.717, 1.165) is 35.3 Å². The van der Waals surface area contributed by atoms with E-state index in [0.29, 0.717) is 6.10 Å². The van der Waals surface area contributed by atoms with Gasteiger partial charge in [0.15, 0.2) is 0 Å². The van der Waals surface area contributed by atoms with E-state index < -0.39 is 0 Å². The third-order valence-electron chi connectivity index (χ3n) is 3.00. The predicted molar refractivity (Wildman–Crippen MR) is 65.6 cm³/mol. The van der Waals surface area contributed by atoms with Crippen LogP contribution in [0.1, 0.15) is 18.7 Å². The Kier molecular flexibility index (Phi) is 2.69. The minimum Gasteiger partial charge on any atom is -0.378 e. The third-order valence-corrected chi connectivity index (χ3v) is 3.47. The van der Waals surface area contributed by atoms with Crippen molar-refractivity contribution in [3.63, 3.8) is 0 Å². The van der Waals surface area contributed by atoms with Gasteiger partial charge in [-0.15, -0.1) is 0 Å². The SMILES string of the molecule is Brc1ccc2cnc(CC3CCCO3)n2c1. The van der Waals surface area contributed by atoms with Crippen molar-refractivity contribution in [2.45, 2.75) is 25.4 Å². The summed E-state index contributed by atoms with van der Waals surface area (Å²) in [7, 11) is 0. The van der Waals surface area contributed by atoms with E-state index in [1.165, 1.54) is 6.42 Å². The number of hydrogen-bond donors (Lipinski definition) is 0. The zero-order valence-electron chi connectivity index (χ0n) is 8.90. The van der Waals surface area contributed by atoms with Gasteiger partial charge >= 0.3 is 0 Å². The van der Waals surface area contributed by atoms with Gasteiger partial charge in [0, 0.05) is 23.7 Å². The highest BCUT2D eigenvalue weighted by atomic mass is 79.9. The number of aromatic nitrogens is 2. The van der Waals surface area contributed by atoms with Gasteiger partial charge < -0.3 is 9.14 Å². The van der Waals surface area contributed by atoms with E-state index in [1.54, 1.807) is 0 Å². The van der Waals surface area contributed by atoms with Gasteiger partial charge in [-0.25, -0.2) is 4.98 Å². The van der Waals surface area contributed by atoms with Gasteiger partial charge in [0.25, 0.3) is 0 Å². The van der Waals surface area contributed by atoms with Crippen LogP contribution in [-0.2, 0) is 11.2 Å². The van der Waals surface area contributed by atoms with Crippen LogP contribution in [0, 0.1) is 0 Å². The third kappa shape index (κ3) is 1.87. The molecule has 0 radical (unpaired) electrons. The number of halogens is 1. The number of imidazole rings is 1. The van der Waals surface area contributed by atoms with Gasteiger partial charge in [-0.05, 0) is 40.9 Å². The molecule has 84 valence electrons. The van der Waals surface area contributed by atoms with Crippen molar-refractivity contribution in [2.75, 3.05) is 6.61 Å². The fourth-order valence-corrected chi connectivity index (χ4v) is 2.51. The molecular weight excluding hydrogens is 268 g/mol. The molecule has 2 aromatic heterocycles. The van der Waals surface area contributed by atoms with Crippen LogP contribution in [0.4, 0.5) is 0 Å². The van der Waals surface area contributed by atoms with Gasteiger partial charge in [-0.3, -0.25) is 0 Å². The van der Waals surface area contributed by atoms with Crippen LogP contribution < -0.4 is 0 Å². The van der Waals surface area contributed by atoms with Crippen LogP contribution in [0.15, 0.2) is 29.0 Å². The molecule has 0 amide bonds. The van der Waals surface area contributed by atoms with Crippen molar-refractivity contribution >= 4 is 21.4 Å². The van der Waals surface area contributed by atoms with E-state index >= 15 is 0 Å². The first-order chi connectivity index (χ1) is 7.83. The fourth-order valence-electron chi connectivity index (χ4n) is 2.18. The molecule has 0 spiro atoms. The number of pyridine rings is 1. The Bertz CT molecular complexity index is 503. The van der Waals surface area contributed by atoms with Crippen molar-refractivity contribution < 1.29 is 4.74 Å². The maximum absolute atomic E-state index is 5.64. The van der Waals surface area contributed by atoms with Crippen LogP contribution in [0.25, 0.3) is 5.52 Å². The number of nitrogens with zero attached hydrogens (tertiary/aromatic N) is 2. The van der Waals surface area contributed by atoms with Crippen molar-refractivity contribution in [1.29, 1.82) is 0 Å². The molecule has 2 aromatic rings. The maximum atomic E-state index is 5.64. The first-order valence-electron chi connectivity index (χ1n) is 5.56. The summed E-state index contributed by atoms with van der Waals surface area (Å²) in [5, 5.41) is 0. The zero-order chi connectivity index (χ0) is 11.0. The summed E-state index contributed by atoms with van der Waals surface area (Å²) in [5.41, 5.74) is 1.14. The number of rotatable bonds is 2. The largest absolute Gasteiger partial charge is 0.378 e. The molecular formula is C12H13BrN2O. The quantitative estimate of drug-likeness (QED) is 0.846. The fraction of sp³-hybridized carbons (Fsp3) is 0.417. The Hall–Kier alpha value is -0.870. The van der Waals surface area contributed by atoms with Crippen LogP contribution in [0.3, 0.4) is 0 Å². The van der Waals surface area contributed by atoms with Gasteiger partial charge in [-0.1, -0.05) is 0 Å². The van der Waals surface area contributed by atoms with E-state index in [-0.39, 0.29) is 0 Å². The van der Waals surface area contributed by atoms with E-state index in [2.05, 4.69) is 37.6 Å². The lowest BCUT2D eigenvalue weighted by molar-refractivity contribution is 0.110. The molecule has 4 heteroatoms. The summed E-state index contributed by atoms with van der Waals surface area (Å²) in [6, 6.07) is 4.10. The minimum atomic E-state index is 0.351. The molecule has 1 fully saturated rings. The summed E-state index contributed by atoms with van der Waals surface area (Å²) >= 11 is 3.48. The lowest BCUT2D eigenvalue weighted by Crippen LogP contribution is -2.11. The van der Waals surface area contributed by atoms with Crippen LogP contribution in [0.2, 0.25) is 0 Å². The van der Waals surface area contributed by atoms with Crippen LogP contribution in [0.5, 0.6) is 0 Å². The van der Waals surface area contributed by atoms with Gasteiger partial charge in [0.1, 0.15) is 5.82 Å². The summed E-state index contributed by atoms with van der Waals surface area (Å²) in [5.74, 6) is 1.09. The van der Waals surface area contributed by atoms with E-state index in [9.17, 15) is 0 Å². The van der Waals surface area contributed by atoms with Crippen molar-refractivity contribution in [1.82, 2.24) is 9.38 Å². The number of fused-ring (bicyclic) bond motifs is 1. The molecule has 3 rings (SSSR count). The average Bonchev–Trinajstić information content (AvgIpc) is 2.90. The monoisotopic (exact) mass is 280 g/mol. The second kappa shape index (κ2) is 4.18. The lowest BCUT2D eigenvalue weighted by atomic mass is 10.2. The topological polar surface area (TPSA) is 26.5 Å². The highest BCUT2D eigenvalue weighted by molar-refractivity contribution is 9.10. The Labute approximate surface area is 103 Å². The first-order valence-corrected chi connectivity index (χ1v) is 6.35. The molecule has 3 nitrogen and oxygen atoms in total. The lowest BCUT2D eigenvalue weighted by Gasteiger charge is -2.08. The molecule has 0 bridgehead atoms. The highest BCUT2D eigenvalue weighted by Crippen LogP contribution is 2.19. The molecule has 1 atom stereocenters. The van der Waals surface area contributed by atoms with Gasteiger partial charge in [-0.2, -0.15) is 0 Å². The minimum absolute atomic E-state index is 0.351. The Morgan fingerprint density at radius 3 is 3.25 bits per heavy atom. The van der Waals surface area contributed by atoms with Crippen LogP contribution in [-0.4, -0.2) is 22.1 Å². The molecule has 0 aliphatic carbocycles. The molecule has 1 saturated heterocycles. The van der Waals surface area contributed by atoms with Gasteiger partial charge in [0.2, 0.25) is 0 Å². The second-order valence-electron chi connectivity index (χ2n) is 4.16. The number of ether oxygens (including phenoxy) is 1. The van der Waals surface area contributed by atoms with E-state index in [1.807, 2.05) is 12.3 Å². The van der Waals surface area contributed by atoms with Crippen molar-refractivity contribution in [2.24, 2.45) is 0 Å². The molecule has 0 N–H and O–H groups in total. The molecule has 3 heterocycles. The normalized spacial score (nSPS) is 20.7. The second-order valence-corrected chi connectivity index (χ2v) is 5.07. The molecule has 1 unspecified atom stereocenters. The average molecular weight is 281 g/mol. The van der Waals surface area contributed by atoms with Crippen LogP contribution >= 0.6 is 15.9 Å². The smallest absolute Gasteiger partial charge is 0.115 e. The van der Waals surface area contributed by atoms with Crippen molar-refractivity contribution in [3.05, 3.63) is 34.8 Å². The number of hydrogen-bond acceptors (Lipinski definition) is 2. The molecule has 1 aliphatic rings. The summed E-state index contributed by atoms with van der Waals surface area (Å²) in [4.78, 5) is 4.46. The molecule has 0 aromatic carbocycles. The van der Waals surface area contributed by atoms with Gasteiger partial charge in [0.05, 0.1) is 17.8 Å². The Morgan fingerprint density at radius 2 is 2.44 bits per heavy atom. The Balaban J connectivity index is 1.93. The molecule has 0 saturated carbocycles. The van der Waals surface area contributed by atoms with Crippen molar-refractivity contribution in [3.8, 4) is 0 Å².